The SMILES string of the molecule is Cn1c(=O)c2c(ncn2CCN2CCCC(F)(CO)C2)n(C)c1=O. The first-order valence-corrected chi connectivity index (χ1v) is 7.99. The topological polar surface area (TPSA) is 85.3 Å². The van der Waals surface area contributed by atoms with E-state index in [4.69, 9.17) is 0 Å². The van der Waals surface area contributed by atoms with Crippen molar-refractivity contribution in [2.24, 2.45) is 14.1 Å². The average molecular weight is 339 g/mol. The Labute approximate surface area is 137 Å². The smallest absolute Gasteiger partial charge is 0.332 e. The number of hydrogen-bond acceptors (Lipinski definition) is 5. The number of halogens is 1. The van der Waals surface area contributed by atoms with Gasteiger partial charge in [0.15, 0.2) is 11.2 Å². The number of likely N-dealkylation sites (tertiary alicyclic amines) is 1. The van der Waals surface area contributed by atoms with Crippen LogP contribution in [0.5, 0.6) is 0 Å². The van der Waals surface area contributed by atoms with Gasteiger partial charge in [0.2, 0.25) is 0 Å². The number of fused-ring (bicyclic) bond motifs is 1. The summed E-state index contributed by atoms with van der Waals surface area (Å²) in [6, 6.07) is 0. The Morgan fingerprint density at radius 3 is 2.75 bits per heavy atom. The number of aliphatic hydroxyl groups excluding tert-OH is 1. The average Bonchev–Trinajstić information content (AvgIpc) is 3.00. The summed E-state index contributed by atoms with van der Waals surface area (Å²) in [6.45, 7) is 1.48. The van der Waals surface area contributed by atoms with Crippen LogP contribution in [0, 0.1) is 0 Å². The van der Waals surface area contributed by atoms with Gasteiger partial charge >= 0.3 is 5.69 Å². The first-order valence-electron chi connectivity index (χ1n) is 7.99. The van der Waals surface area contributed by atoms with Gasteiger partial charge in [-0.2, -0.15) is 0 Å². The van der Waals surface area contributed by atoms with Crippen molar-refractivity contribution in [2.45, 2.75) is 25.1 Å². The molecule has 9 heteroatoms. The normalized spacial score (nSPS) is 22.3. The van der Waals surface area contributed by atoms with E-state index in [1.807, 2.05) is 4.90 Å². The molecule has 3 heterocycles. The molecule has 2 aromatic heterocycles. The van der Waals surface area contributed by atoms with E-state index in [1.54, 1.807) is 11.6 Å². The zero-order valence-corrected chi connectivity index (χ0v) is 13.9. The molecule has 1 unspecified atom stereocenters. The maximum atomic E-state index is 14.3. The summed E-state index contributed by atoms with van der Waals surface area (Å²) < 4.78 is 18.4. The number of aryl methyl sites for hydroxylation is 1. The van der Waals surface area contributed by atoms with Crippen LogP contribution in [0.15, 0.2) is 15.9 Å². The standard InChI is InChI=1S/C15H22FN5O3/c1-18-12-11(13(23)19(2)14(18)24)21(10-17-12)7-6-20-5-3-4-15(16,8-20)9-22/h10,22H,3-9H2,1-2H3. The number of nitrogens with zero attached hydrogens (tertiary/aromatic N) is 5. The minimum Gasteiger partial charge on any atom is -0.393 e. The molecule has 1 N–H and O–H groups in total. The zero-order chi connectivity index (χ0) is 17.5. The van der Waals surface area contributed by atoms with Crippen LogP contribution in [0.4, 0.5) is 4.39 Å². The number of rotatable bonds is 4. The minimum absolute atomic E-state index is 0.187. The van der Waals surface area contributed by atoms with Gasteiger partial charge in [0.25, 0.3) is 5.56 Å². The molecule has 1 aliphatic heterocycles. The number of piperidine rings is 1. The van der Waals surface area contributed by atoms with Crippen molar-refractivity contribution in [2.75, 3.05) is 26.2 Å². The molecule has 8 nitrogen and oxygen atoms in total. The number of aliphatic hydroxyl groups is 1. The van der Waals surface area contributed by atoms with Gasteiger partial charge in [0.05, 0.1) is 12.9 Å². The third kappa shape index (κ3) is 2.78. The summed E-state index contributed by atoms with van der Waals surface area (Å²) in [6.07, 6.45) is 2.60. The molecule has 3 rings (SSSR count). The van der Waals surface area contributed by atoms with Crippen LogP contribution in [-0.4, -0.2) is 60.6 Å². The summed E-state index contributed by atoms with van der Waals surface area (Å²) in [7, 11) is 3.01. The van der Waals surface area contributed by atoms with E-state index in [9.17, 15) is 19.1 Å². The summed E-state index contributed by atoms with van der Waals surface area (Å²) in [5.74, 6) is 0. The molecule has 0 aromatic carbocycles. The summed E-state index contributed by atoms with van der Waals surface area (Å²) in [5.41, 5.74) is -1.64. The Kier molecular flexibility index (Phi) is 4.31. The molecule has 0 bridgehead atoms. The highest BCUT2D eigenvalue weighted by molar-refractivity contribution is 5.69. The van der Waals surface area contributed by atoms with Crippen molar-refractivity contribution in [3.05, 3.63) is 27.2 Å². The lowest BCUT2D eigenvalue weighted by molar-refractivity contribution is -0.00194. The van der Waals surface area contributed by atoms with Gasteiger partial charge in [-0.1, -0.05) is 0 Å². The molecule has 1 atom stereocenters. The Morgan fingerprint density at radius 2 is 2.04 bits per heavy atom. The first-order chi connectivity index (χ1) is 11.4. The number of aromatic nitrogens is 4. The van der Waals surface area contributed by atoms with E-state index in [0.717, 1.165) is 11.1 Å². The molecule has 1 fully saturated rings. The monoisotopic (exact) mass is 339 g/mol. The molecule has 0 spiro atoms. The highest BCUT2D eigenvalue weighted by atomic mass is 19.1. The lowest BCUT2D eigenvalue weighted by Gasteiger charge is -2.36. The van der Waals surface area contributed by atoms with Crippen molar-refractivity contribution >= 4 is 11.2 Å². The van der Waals surface area contributed by atoms with Gasteiger partial charge in [-0.3, -0.25) is 18.8 Å². The third-order valence-electron chi connectivity index (χ3n) is 4.76. The molecule has 1 aliphatic rings. The van der Waals surface area contributed by atoms with Gasteiger partial charge in [0, 0.05) is 33.7 Å². The molecule has 2 aromatic rings. The predicted octanol–water partition coefficient (Wildman–Crippen LogP) is -0.770. The zero-order valence-electron chi connectivity index (χ0n) is 13.9. The second-order valence-electron chi connectivity index (χ2n) is 6.50. The Bertz CT molecular complexity index is 870. The maximum Gasteiger partial charge on any atom is 0.332 e. The fraction of sp³-hybridized carbons (Fsp3) is 0.667. The first kappa shape index (κ1) is 16.8. The molecule has 24 heavy (non-hydrogen) atoms. The quantitative estimate of drug-likeness (QED) is 0.791. The van der Waals surface area contributed by atoms with Crippen molar-refractivity contribution in [3.8, 4) is 0 Å². The molecular weight excluding hydrogens is 317 g/mol. The molecule has 0 saturated carbocycles. The number of imidazole rings is 1. The lowest BCUT2D eigenvalue weighted by atomic mass is 9.96. The molecule has 132 valence electrons. The van der Waals surface area contributed by atoms with Crippen molar-refractivity contribution in [1.82, 2.24) is 23.6 Å². The van der Waals surface area contributed by atoms with E-state index in [-0.39, 0.29) is 12.1 Å². The van der Waals surface area contributed by atoms with Gasteiger partial charge in [-0.05, 0) is 19.4 Å². The highest BCUT2D eigenvalue weighted by Gasteiger charge is 2.34. The second kappa shape index (κ2) is 6.14. The maximum absolute atomic E-state index is 14.3. The van der Waals surface area contributed by atoms with E-state index >= 15 is 0 Å². The van der Waals surface area contributed by atoms with Gasteiger partial charge in [-0.15, -0.1) is 0 Å². The number of alkyl halides is 1. The van der Waals surface area contributed by atoms with Gasteiger partial charge in [-0.25, -0.2) is 14.2 Å². The fourth-order valence-corrected chi connectivity index (χ4v) is 3.31. The van der Waals surface area contributed by atoms with Crippen LogP contribution in [0.1, 0.15) is 12.8 Å². The van der Waals surface area contributed by atoms with E-state index in [1.165, 1.54) is 17.9 Å². The van der Waals surface area contributed by atoms with Crippen LogP contribution in [0.25, 0.3) is 11.2 Å². The molecule has 0 radical (unpaired) electrons. The molecule has 0 aliphatic carbocycles. The van der Waals surface area contributed by atoms with Crippen molar-refractivity contribution in [3.63, 3.8) is 0 Å². The van der Waals surface area contributed by atoms with Crippen LogP contribution < -0.4 is 11.2 Å². The highest BCUT2D eigenvalue weighted by Crippen LogP contribution is 2.24. The van der Waals surface area contributed by atoms with E-state index in [2.05, 4.69) is 4.98 Å². The van der Waals surface area contributed by atoms with Crippen LogP contribution in [-0.2, 0) is 20.6 Å². The predicted molar refractivity (Wildman–Crippen MR) is 86.8 cm³/mol. The Hall–Kier alpha value is -2.00. The molecule has 0 amide bonds. The summed E-state index contributed by atoms with van der Waals surface area (Å²) in [4.78, 5) is 30.4. The van der Waals surface area contributed by atoms with E-state index < -0.39 is 18.0 Å². The van der Waals surface area contributed by atoms with Crippen LogP contribution in [0.3, 0.4) is 0 Å². The summed E-state index contributed by atoms with van der Waals surface area (Å²) >= 11 is 0. The lowest BCUT2D eigenvalue weighted by Crippen LogP contribution is -2.48. The van der Waals surface area contributed by atoms with Crippen LogP contribution in [0.2, 0.25) is 0 Å². The van der Waals surface area contributed by atoms with Crippen LogP contribution >= 0.6 is 0 Å². The molecule has 1 saturated heterocycles. The minimum atomic E-state index is -1.55. The van der Waals surface area contributed by atoms with E-state index in [0.29, 0.717) is 37.1 Å². The Morgan fingerprint density at radius 1 is 1.29 bits per heavy atom. The fourth-order valence-electron chi connectivity index (χ4n) is 3.31. The van der Waals surface area contributed by atoms with Gasteiger partial charge in [0.1, 0.15) is 5.67 Å². The molecular formula is C15H22FN5O3. The number of hydrogen-bond donors (Lipinski definition) is 1. The Balaban J connectivity index is 1.84. The third-order valence-corrected chi connectivity index (χ3v) is 4.76. The summed E-state index contributed by atoms with van der Waals surface area (Å²) in [5, 5.41) is 9.19. The van der Waals surface area contributed by atoms with Gasteiger partial charge < -0.3 is 9.67 Å². The van der Waals surface area contributed by atoms with Crippen molar-refractivity contribution < 1.29 is 9.50 Å². The largest absolute Gasteiger partial charge is 0.393 e. The second-order valence-corrected chi connectivity index (χ2v) is 6.50. The van der Waals surface area contributed by atoms with Crippen molar-refractivity contribution in [1.29, 1.82) is 0 Å².